The maximum absolute atomic E-state index is 5.66. The molecule has 0 amide bonds. The lowest BCUT2D eigenvalue weighted by Crippen LogP contribution is -2.24. The summed E-state index contributed by atoms with van der Waals surface area (Å²) in [6.45, 7) is 13.0. The van der Waals surface area contributed by atoms with Crippen LogP contribution in [0.25, 0.3) is 0 Å². The highest BCUT2D eigenvalue weighted by Crippen LogP contribution is 2.25. The van der Waals surface area contributed by atoms with E-state index >= 15 is 0 Å². The standard InChI is InChI=1S/C16H27NO/c1-6-17-11-13(4)14(5)15-7-9-16(10-8-15)18-12(2)3/h7-10,12-14,17H,6,11H2,1-5H3. The molecule has 0 spiro atoms. The minimum atomic E-state index is 0.237. The molecule has 0 saturated heterocycles. The van der Waals surface area contributed by atoms with E-state index in [-0.39, 0.29) is 6.10 Å². The maximum Gasteiger partial charge on any atom is 0.119 e. The molecule has 0 saturated carbocycles. The topological polar surface area (TPSA) is 21.3 Å². The predicted molar refractivity (Wildman–Crippen MR) is 78.3 cm³/mol. The SMILES string of the molecule is CCNCC(C)C(C)c1ccc(OC(C)C)cc1. The van der Waals surface area contributed by atoms with Crippen molar-refractivity contribution < 1.29 is 4.74 Å². The van der Waals surface area contributed by atoms with E-state index in [0.29, 0.717) is 11.8 Å². The first-order valence-electron chi connectivity index (χ1n) is 7.02. The van der Waals surface area contributed by atoms with Gasteiger partial charge in [-0.15, -0.1) is 0 Å². The Morgan fingerprint density at radius 1 is 1.06 bits per heavy atom. The molecule has 2 atom stereocenters. The molecule has 0 aromatic heterocycles. The molecule has 0 heterocycles. The van der Waals surface area contributed by atoms with E-state index in [2.05, 4.69) is 64.2 Å². The van der Waals surface area contributed by atoms with E-state index in [1.165, 1.54) is 5.56 Å². The van der Waals surface area contributed by atoms with Crippen LogP contribution in [0.1, 0.15) is 46.1 Å². The largest absolute Gasteiger partial charge is 0.491 e. The molecule has 18 heavy (non-hydrogen) atoms. The molecule has 0 bridgehead atoms. The van der Waals surface area contributed by atoms with Crippen molar-refractivity contribution in [2.75, 3.05) is 13.1 Å². The predicted octanol–water partition coefficient (Wildman–Crippen LogP) is 3.82. The minimum absolute atomic E-state index is 0.237. The van der Waals surface area contributed by atoms with Gasteiger partial charge in [0.2, 0.25) is 0 Å². The molecule has 2 unspecified atom stereocenters. The summed E-state index contributed by atoms with van der Waals surface area (Å²) < 4.78 is 5.66. The lowest BCUT2D eigenvalue weighted by atomic mass is 9.89. The molecule has 0 aliphatic carbocycles. The van der Waals surface area contributed by atoms with Crippen molar-refractivity contribution in [1.82, 2.24) is 5.32 Å². The molecule has 0 aliphatic rings. The second kappa shape index (κ2) is 7.42. The Kier molecular flexibility index (Phi) is 6.20. The number of hydrogen-bond acceptors (Lipinski definition) is 2. The first-order valence-corrected chi connectivity index (χ1v) is 7.02. The van der Waals surface area contributed by atoms with E-state index in [0.717, 1.165) is 18.8 Å². The van der Waals surface area contributed by atoms with Crippen LogP contribution in [-0.4, -0.2) is 19.2 Å². The van der Waals surface area contributed by atoms with Gasteiger partial charge in [-0.1, -0.05) is 32.9 Å². The van der Waals surface area contributed by atoms with Gasteiger partial charge in [-0.3, -0.25) is 0 Å². The molecule has 1 rings (SSSR count). The van der Waals surface area contributed by atoms with Gasteiger partial charge in [-0.25, -0.2) is 0 Å². The van der Waals surface area contributed by atoms with Gasteiger partial charge in [-0.2, -0.15) is 0 Å². The zero-order valence-corrected chi connectivity index (χ0v) is 12.4. The van der Waals surface area contributed by atoms with E-state index in [1.807, 2.05) is 0 Å². The maximum atomic E-state index is 5.66. The number of nitrogens with one attached hydrogen (secondary N) is 1. The fraction of sp³-hybridized carbons (Fsp3) is 0.625. The van der Waals surface area contributed by atoms with Crippen LogP contribution in [0.15, 0.2) is 24.3 Å². The third-order valence-electron chi connectivity index (χ3n) is 3.35. The Labute approximate surface area is 112 Å². The third kappa shape index (κ3) is 4.69. The smallest absolute Gasteiger partial charge is 0.119 e. The molecule has 1 aromatic carbocycles. The summed E-state index contributed by atoms with van der Waals surface area (Å²) in [5.41, 5.74) is 1.39. The lowest BCUT2D eigenvalue weighted by Gasteiger charge is -2.21. The Balaban J connectivity index is 2.60. The quantitative estimate of drug-likeness (QED) is 0.793. The summed E-state index contributed by atoms with van der Waals surface area (Å²) in [5.74, 6) is 2.17. The molecule has 1 aromatic rings. The molecule has 0 fully saturated rings. The van der Waals surface area contributed by atoms with E-state index < -0.39 is 0 Å². The average molecular weight is 249 g/mol. The van der Waals surface area contributed by atoms with E-state index in [4.69, 9.17) is 4.74 Å². The van der Waals surface area contributed by atoms with Gasteiger partial charge in [0.15, 0.2) is 0 Å². The van der Waals surface area contributed by atoms with Gasteiger partial charge in [0.05, 0.1) is 6.10 Å². The summed E-state index contributed by atoms with van der Waals surface area (Å²) >= 11 is 0. The summed E-state index contributed by atoms with van der Waals surface area (Å²) in [6.07, 6.45) is 0.237. The summed E-state index contributed by atoms with van der Waals surface area (Å²) in [4.78, 5) is 0. The van der Waals surface area contributed by atoms with E-state index in [1.54, 1.807) is 0 Å². The van der Waals surface area contributed by atoms with Crippen LogP contribution in [0, 0.1) is 5.92 Å². The van der Waals surface area contributed by atoms with E-state index in [9.17, 15) is 0 Å². The van der Waals surface area contributed by atoms with Crippen molar-refractivity contribution in [1.29, 1.82) is 0 Å². The molecule has 2 nitrogen and oxygen atoms in total. The van der Waals surface area contributed by atoms with Gasteiger partial charge in [-0.05, 0) is 56.5 Å². The summed E-state index contributed by atoms with van der Waals surface area (Å²) in [6, 6.07) is 8.52. The Hall–Kier alpha value is -1.02. The number of ether oxygens (including phenoxy) is 1. The first kappa shape index (κ1) is 15.0. The lowest BCUT2D eigenvalue weighted by molar-refractivity contribution is 0.242. The number of hydrogen-bond donors (Lipinski definition) is 1. The van der Waals surface area contributed by atoms with Gasteiger partial charge in [0, 0.05) is 0 Å². The molecular formula is C16H27NO. The normalized spacial score (nSPS) is 14.6. The highest BCUT2D eigenvalue weighted by atomic mass is 16.5. The van der Waals surface area contributed by atoms with Crippen molar-refractivity contribution in [2.45, 2.75) is 46.6 Å². The number of benzene rings is 1. The summed E-state index contributed by atoms with van der Waals surface area (Å²) in [7, 11) is 0. The highest BCUT2D eigenvalue weighted by Gasteiger charge is 2.13. The first-order chi connectivity index (χ1) is 8.54. The third-order valence-corrected chi connectivity index (χ3v) is 3.35. The van der Waals surface area contributed by atoms with Crippen LogP contribution in [-0.2, 0) is 0 Å². The van der Waals surface area contributed by atoms with Crippen molar-refractivity contribution in [3.63, 3.8) is 0 Å². The van der Waals surface area contributed by atoms with Crippen LogP contribution in [0.2, 0.25) is 0 Å². The monoisotopic (exact) mass is 249 g/mol. The molecule has 0 aliphatic heterocycles. The van der Waals surface area contributed by atoms with Crippen LogP contribution in [0.5, 0.6) is 5.75 Å². The second-order valence-electron chi connectivity index (χ2n) is 5.31. The van der Waals surface area contributed by atoms with Gasteiger partial charge in [0.1, 0.15) is 5.75 Å². The van der Waals surface area contributed by atoms with Crippen molar-refractivity contribution in [2.24, 2.45) is 5.92 Å². The molecular weight excluding hydrogens is 222 g/mol. The Morgan fingerprint density at radius 2 is 1.67 bits per heavy atom. The number of rotatable bonds is 7. The Bertz CT molecular complexity index is 331. The van der Waals surface area contributed by atoms with Crippen molar-refractivity contribution in [3.05, 3.63) is 29.8 Å². The van der Waals surface area contributed by atoms with Crippen LogP contribution < -0.4 is 10.1 Å². The van der Waals surface area contributed by atoms with Gasteiger partial charge in [0.25, 0.3) is 0 Å². The van der Waals surface area contributed by atoms with Crippen LogP contribution >= 0.6 is 0 Å². The zero-order valence-electron chi connectivity index (χ0n) is 12.4. The zero-order chi connectivity index (χ0) is 13.5. The van der Waals surface area contributed by atoms with Gasteiger partial charge < -0.3 is 10.1 Å². The van der Waals surface area contributed by atoms with Crippen molar-refractivity contribution in [3.8, 4) is 5.75 Å². The molecule has 1 N–H and O–H groups in total. The average Bonchev–Trinajstić information content (AvgIpc) is 2.35. The fourth-order valence-electron chi connectivity index (χ4n) is 2.00. The Morgan fingerprint density at radius 3 is 2.17 bits per heavy atom. The molecule has 102 valence electrons. The second-order valence-corrected chi connectivity index (χ2v) is 5.31. The molecule has 2 heteroatoms. The van der Waals surface area contributed by atoms with Gasteiger partial charge >= 0.3 is 0 Å². The minimum Gasteiger partial charge on any atom is -0.491 e. The van der Waals surface area contributed by atoms with Crippen molar-refractivity contribution >= 4 is 0 Å². The highest BCUT2D eigenvalue weighted by molar-refractivity contribution is 5.29. The molecule has 0 radical (unpaired) electrons. The summed E-state index contributed by atoms with van der Waals surface area (Å²) in [5, 5.41) is 3.41. The fourth-order valence-corrected chi connectivity index (χ4v) is 2.00. The van der Waals surface area contributed by atoms with Crippen LogP contribution in [0.4, 0.5) is 0 Å². The van der Waals surface area contributed by atoms with Crippen LogP contribution in [0.3, 0.4) is 0 Å².